The molecule has 0 amide bonds. The van der Waals surface area contributed by atoms with Gasteiger partial charge in [0.2, 0.25) is 0 Å². The lowest BCUT2D eigenvalue weighted by Crippen LogP contribution is -2.04. The van der Waals surface area contributed by atoms with E-state index in [0.717, 1.165) is 23.0 Å². The number of aryl methyl sites for hydroxylation is 3. The fraction of sp³-hybridized carbons (Fsp3) is 0.231. The molecule has 0 saturated heterocycles. The predicted molar refractivity (Wildman–Crippen MR) is 70.0 cm³/mol. The molecule has 19 heavy (non-hydrogen) atoms. The van der Waals surface area contributed by atoms with Crippen LogP contribution in [-0.2, 0) is 4.79 Å². The van der Waals surface area contributed by atoms with E-state index < -0.39 is 5.97 Å². The SMILES string of the molecule is Cc1nc(C)n(-c2ncc(/C=C/C(=O)O)cc2C)n1. The molecule has 2 rings (SSSR count). The second-order valence-electron chi connectivity index (χ2n) is 4.20. The summed E-state index contributed by atoms with van der Waals surface area (Å²) in [5.74, 6) is 1.17. The van der Waals surface area contributed by atoms with E-state index in [4.69, 9.17) is 5.11 Å². The number of carbonyl (C=O) groups is 1. The Balaban J connectivity index is 2.40. The quantitative estimate of drug-likeness (QED) is 0.847. The van der Waals surface area contributed by atoms with Crippen LogP contribution in [-0.4, -0.2) is 30.8 Å². The molecule has 0 aliphatic rings. The van der Waals surface area contributed by atoms with Gasteiger partial charge in [-0.05, 0) is 44.0 Å². The fourth-order valence-electron chi connectivity index (χ4n) is 1.79. The van der Waals surface area contributed by atoms with Crippen molar-refractivity contribution in [2.45, 2.75) is 20.8 Å². The maximum Gasteiger partial charge on any atom is 0.328 e. The number of carboxylic acid groups (broad SMARTS) is 1. The molecular weight excluding hydrogens is 244 g/mol. The van der Waals surface area contributed by atoms with Crippen molar-refractivity contribution in [2.75, 3.05) is 0 Å². The number of aliphatic carboxylic acids is 1. The summed E-state index contributed by atoms with van der Waals surface area (Å²) in [6, 6.07) is 1.86. The predicted octanol–water partition coefficient (Wildman–Crippen LogP) is 1.69. The summed E-state index contributed by atoms with van der Waals surface area (Å²) in [5, 5.41) is 12.9. The topological polar surface area (TPSA) is 80.9 Å². The molecule has 0 unspecified atom stereocenters. The van der Waals surface area contributed by atoms with Crippen molar-refractivity contribution in [2.24, 2.45) is 0 Å². The van der Waals surface area contributed by atoms with Crippen LogP contribution in [0.4, 0.5) is 0 Å². The second-order valence-corrected chi connectivity index (χ2v) is 4.20. The van der Waals surface area contributed by atoms with E-state index in [-0.39, 0.29) is 0 Å². The summed E-state index contributed by atoms with van der Waals surface area (Å²) in [5.41, 5.74) is 1.64. The van der Waals surface area contributed by atoms with Gasteiger partial charge in [0.25, 0.3) is 0 Å². The molecule has 2 heterocycles. The van der Waals surface area contributed by atoms with E-state index in [0.29, 0.717) is 11.6 Å². The number of carboxylic acids is 1. The van der Waals surface area contributed by atoms with E-state index >= 15 is 0 Å². The highest BCUT2D eigenvalue weighted by atomic mass is 16.4. The monoisotopic (exact) mass is 258 g/mol. The molecule has 0 spiro atoms. The molecule has 0 atom stereocenters. The van der Waals surface area contributed by atoms with E-state index in [2.05, 4.69) is 15.1 Å². The third kappa shape index (κ3) is 2.85. The molecule has 2 aromatic heterocycles. The van der Waals surface area contributed by atoms with Gasteiger partial charge in [-0.15, -0.1) is 5.10 Å². The normalized spacial score (nSPS) is 11.1. The number of hydrogen-bond donors (Lipinski definition) is 1. The Labute approximate surface area is 110 Å². The van der Waals surface area contributed by atoms with Crippen LogP contribution in [0.25, 0.3) is 11.9 Å². The Morgan fingerprint density at radius 1 is 1.37 bits per heavy atom. The molecule has 6 nitrogen and oxygen atoms in total. The summed E-state index contributed by atoms with van der Waals surface area (Å²) >= 11 is 0. The van der Waals surface area contributed by atoms with Gasteiger partial charge in [0, 0.05) is 12.3 Å². The summed E-state index contributed by atoms with van der Waals surface area (Å²) < 4.78 is 1.68. The third-order valence-corrected chi connectivity index (χ3v) is 2.57. The zero-order valence-electron chi connectivity index (χ0n) is 11.0. The highest BCUT2D eigenvalue weighted by molar-refractivity contribution is 5.85. The molecule has 0 aromatic carbocycles. The Bertz CT molecular complexity index is 659. The zero-order chi connectivity index (χ0) is 14.0. The number of rotatable bonds is 3. The molecule has 1 N–H and O–H groups in total. The first-order chi connectivity index (χ1) is 8.97. The fourth-order valence-corrected chi connectivity index (χ4v) is 1.79. The first-order valence-electron chi connectivity index (χ1n) is 5.75. The minimum atomic E-state index is -0.982. The highest BCUT2D eigenvalue weighted by Crippen LogP contribution is 2.14. The van der Waals surface area contributed by atoms with E-state index in [1.54, 1.807) is 10.9 Å². The van der Waals surface area contributed by atoms with Crippen LogP contribution in [0, 0.1) is 20.8 Å². The van der Waals surface area contributed by atoms with Crippen LogP contribution in [0.5, 0.6) is 0 Å². The van der Waals surface area contributed by atoms with Gasteiger partial charge in [-0.3, -0.25) is 0 Å². The first kappa shape index (κ1) is 12.9. The number of aromatic nitrogens is 4. The molecule has 0 saturated carbocycles. The molecule has 0 radical (unpaired) electrons. The van der Waals surface area contributed by atoms with Gasteiger partial charge in [0.15, 0.2) is 5.82 Å². The minimum absolute atomic E-state index is 0.688. The van der Waals surface area contributed by atoms with Crippen molar-refractivity contribution in [1.29, 1.82) is 0 Å². The van der Waals surface area contributed by atoms with E-state index in [1.165, 1.54) is 6.08 Å². The van der Waals surface area contributed by atoms with Gasteiger partial charge in [-0.1, -0.05) is 0 Å². The molecule has 98 valence electrons. The Kier molecular flexibility index (Phi) is 3.41. The van der Waals surface area contributed by atoms with Crippen molar-refractivity contribution >= 4 is 12.0 Å². The Morgan fingerprint density at radius 2 is 2.11 bits per heavy atom. The van der Waals surface area contributed by atoms with Gasteiger partial charge < -0.3 is 5.11 Å². The Hall–Kier alpha value is -2.50. The summed E-state index contributed by atoms with van der Waals surface area (Å²) in [6.07, 6.45) is 4.20. The maximum absolute atomic E-state index is 10.5. The standard InChI is InChI=1S/C13H14N4O2/c1-8-6-11(4-5-12(18)19)7-14-13(8)17-10(3)15-9(2)16-17/h4-7H,1-3H3,(H,18,19)/b5-4+. The lowest BCUT2D eigenvalue weighted by molar-refractivity contribution is -0.131. The van der Waals surface area contributed by atoms with E-state index in [1.807, 2.05) is 26.8 Å². The molecule has 0 aliphatic heterocycles. The van der Waals surface area contributed by atoms with Gasteiger partial charge in [0.1, 0.15) is 11.6 Å². The van der Waals surface area contributed by atoms with Crippen molar-refractivity contribution in [1.82, 2.24) is 19.7 Å². The van der Waals surface area contributed by atoms with Crippen LogP contribution < -0.4 is 0 Å². The lowest BCUT2D eigenvalue weighted by atomic mass is 10.2. The highest BCUT2D eigenvalue weighted by Gasteiger charge is 2.09. The van der Waals surface area contributed by atoms with Gasteiger partial charge in [0.05, 0.1) is 0 Å². The Morgan fingerprint density at radius 3 is 2.63 bits per heavy atom. The molecule has 2 aromatic rings. The molecule has 0 fully saturated rings. The molecule has 0 bridgehead atoms. The van der Waals surface area contributed by atoms with Gasteiger partial charge in [-0.2, -0.15) is 4.68 Å². The second kappa shape index (κ2) is 5.01. The first-order valence-corrected chi connectivity index (χ1v) is 5.75. The number of pyridine rings is 1. The van der Waals surface area contributed by atoms with Crippen LogP contribution >= 0.6 is 0 Å². The molecular formula is C13H14N4O2. The summed E-state index contributed by atoms with van der Waals surface area (Å²) in [6.45, 7) is 5.58. The molecule has 0 aliphatic carbocycles. The van der Waals surface area contributed by atoms with Crippen LogP contribution in [0.1, 0.15) is 22.8 Å². The molecule has 6 heteroatoms. The van der Waals surface area contributed by atoms with Crippen molar-refractivity contribution in [3.63, 3.8) is 0 Å². The van der Waals surface area contributed by atoms with Gasteiger partial charge >= 0.3 is 5.97 Å². The van der Waals surface area contributed by atoms with Crippen LogP contribution in [0.2, 0.25) is 0 Å². The summed E-state index contributed by atoms with van der Waals surface area (Å²) in [7, 11) is 0. The minimum Gasteiger partial charge on any atom is -0.478 e. The van der Waals surface area contributed by atoms with E-state index in [9.17, 15) is 4.79 Å². The number of hydrogen-bond acceptors (Lipinski definition) is 4. The third-order valence-electron chi connectivity index (χ3n) is 2.57. The van der Waals surface area contributed by atoms with Crippen LogP contribution in [0.3, 0.4) is 0 Å². The summed E-state index contributed by atoms with van der Waals surface area (Å²) in [4.78, 5) is 19.0. The van der Waals surface area contributed by atoms with Crippen molar-refractivity contribution in [3.8, 4) is 5.82 Å². The average Bonchev–Trinajstić information content (AvgIpc) is 2.66. The smallest absolute Gasteiger partial charge is 0.328 e. The largest absolute Gasteiger partial charge is 0.478 e. The zero-order valence-corrected chi connectivity index (χ0v) is 11.0. The average molecular weight is 258 g/mol. The van der Waals surface area contributed by atoms with Crippen LogP contribution in [0.15, 0.2) is 18.3 Å². The lowest BCUT2D eigenvalue weighted by Gasteiger charge is -2.06. The van der Waals surface area contributed by atoms with Crippen molar-refractivity contribution < 1.29 is 9.90 Å². The maximum atomic E-state index is 10.5. The van der Waals surface area contributed by atoms with Crippen molar-refractivity contribution in [3.05, 3.63) is 41.1 Å². The van der Waals surface area contributed by atoms with Gasteiger partial charge in [-0.25, -0.2) is 14.8 Å². The number of nitrogens with zero attached hydrogens (tertiary/aromatic N) is 4.